The molecule has 1 saturated heterocycles. The number of nitrogens with one attached hydrogen (secondary N) is 2. The summed E-state index contributed by atoms with van der Waals surface area (Å²) in [7, 11) is 0. The molecular weight excluding hydrogens is 467 g/mol. The van der Waals surface area contributed by atoms with Crippen molar-refractivity contribution in [2.24, 2.45) is 0 Å². The molecule has 0 spiro atoms. The molecule has 3 aromatic heterocycles. The minimum absolute atomic E-state index is 0.259. The molecule has 1 atom stereocenters. The highest BCUT2D eigenvalue weighted by atomic mass is 32.1. The fraction of sp³-hybridized carbons (Fsp3) is 0.318. The average molecular weight is 488 g/mol. The predicted molar refractivity (Wildman–Crippen MR) is 120 cm³/mol. The fourth-order valence-electron chi connectivity index (χ4n) is 3.65. The number of fused-ring (bicyclic) bond motifs is 1. The lowest BCUT2D eigenvalue weighted by molar-refractivity contribution is -0.145. The first-order valence-electron chi connectivity index (χ1n) is 10.6. The first-order chi connectivity index (χ1) is 16.2. The molecule has 2 N–H and O–H groups in total. The van der Waals surface area contributed by atoms with Crippen molar-refractivity contribution >= 4 is 28.1 Å². The topological polar surface area (TPSA) is 97.6 Å². The quantitative estimate of drug-likeness (QED) is 0.443. The van der Waals surface area contributed by atoms with Crippen LogP contribution in [0.3, 0.4) is 0 Å². The van der Waals surface area contributed by atoms with Crippen LogP contribution in [0.1, 0.15) is 45.6 Å². The third-order valence-electron chi connectivity index (χ3n) is 5.66. The Kier molecular flexibility index (Phi) is 5.56. The van der Waals surface area contributed by atoms with E-state index >= 15 is 0 Å². The summed E-state index contributed by atoms with van der Waals surface area (Å²) in [6.45, 7) is 5.29. The summed E-state index contributed by atoms with van der Waals surface area (Å²) in [4.78, 5) is 25.4. The Balaban J connectivity index is 1.45. The van der Waals surface area contributed by atoms with Crippen LogP contribution in [0, 0.1) is 6.92 Å². The molecule has 5 rings (SSSR count). The van der Waals surface area contributed by atoms with Gasteiger partial charge in [-0.1, -0.05) is 0 Å². The molecule has 34 heavy (non-hydrogen) atoms. The second-order valence-corrected chi connectivity index (χ2v) is 9.42. The van der Waals surface area contributed by atoms with Crippen molar-refractivity contribution in [2.45, 2.75) is 32.1 Å². The monoisotopic (exact) mass is 487 g/mol. The van der Waals surface area contributed by atoms with Crippen LogP contribution < -0.4 is 10.6 Å². The molecule has 0 unspecified atom stereocenters. The van der Waals surface area contributed by atoms with Gasteiger partial charge in [-0.15, -0.1) is 11.3 Å². The lowest BCUT2D eigenvalue weighted by Crippen LogP contribution is -2.43. The number of thiazole rings is 1. The normalized spacial score (nSPS) is 15.3. The van der Waals surface area contributed by atoms with E-state index in [0.717, 1.165) is 46.3 Å². The lowest BCUT2D eigenvalue weighted by Gasteiger charge is -2.27. The summed E-state index contributed by atoms with van der Waals surface area (Å²) in [5.41, 5.74) is 2.23. The van der Waals surface area contributed by atoms with Crippen LogP contribution in [0.5, 0.6) is 0 Å². The summed E-state index contributed by atoms with van der Waals surface area (Å²) in [5, 5.41) is 12.4. The van der Waals surface area contributed by atoms with Crippen LogP contribution in [-0.4, -0.2) is 43.7 Å². The van der Waals surface area contributed by atoms with Crippen molar-refractivity contribution < 1.29 is 18.0 Å². The lowest BCUT2D eigenvalue weighted by atomic mass is 10.0. The molecular formula is C22H20F3N7OS. The maximum atomic E-state index is 13.1. The second-order valence-electron chi connectivity index (χ2n) is 8.19. The molecule has 8 nitrogen and oxygen atoms in total. The summed E-state index contributed by atoms with van der Waals surface area (Å²) >= 11 is 1.53. The number of nitrogens with zero attached hydrogens (tertiary/aromatic N) is 5. The summed E-state index contributed by atoms with van der Waals surface area (Å²) in [6.07, 6.45) is 1.29. The van der Waals surface area contributed by atoms with Gasteiger partial charge in [0, 0.05) is 64.8 Å². The van der Waals surface area contributed by atoms with Gasteiger partial charge in [0.1, 0.15) is 5.01 Å². The zero-order chi connectivity index (χ0) is 24.0. The number of aromatic nitrogens is 5. The first-order valence-corrected chi connectivity index (χ1v) is 11.4. The Morgan fingerprint density at radius 2 is 1.94 bits per heavy atom. The standard InChI is InChI=1S/C22H20F3N7OS/c1-11-5-27-20(34-11)16-3-13(4-18-17(16)10-32(31-18)15-8-26-9-15)19(33)30-12(2)14-6-28-21(29-7-14)22(23,24)25/h3-7,10,12,15,26H,8-9H2,1-2H3,(H,30,33)/t12-/m1/s1. The second kappa shape index (κ2) is 8.44. The van der Waals surface area contributed by atoms with E-state index in [1.54, 1.807) is 25.3 Å². The Morgan fingerprint density at radius 3 is 2.53 bits per heavy atom. The van der Waals surface area contributed by atoms with Crippen LogP contribution in [0.15, 0.2) is 36.9 Å². The number of halogens is 3. The number of amides is 1. The van der Waals surface area contributed by atoms with E-state index in [-0.39, 0.29) is 11.9 Å². The molecule has 1 amide bonds. The molecule has 4 aromatic rings. The van der Waals surface area contributed by atoms with Crippen LogP contribution in [0.25, 0.3) is 21.5 Å². The van der Waals surface area contributed by atoms with E-state index in [0.29, 0.717) is 16.6 Å². The van der Waals surface area contributed by atoms with E-state index < -0.39 is 18.0 Å². The van der Waals surface area contributed by atoms with Crippen molar-refractivity contribution in [2.75, 3.05) is 13.1 Å². The molecule has 0 aliphatic carbocycles. The van der Waals surface area contributed by atoms with Crippen molar-refractivity contribution in [1.82, 2.24) is 35.4 Å². The molecule has 1 aliphatic rings. The smallest absolute Gasteiger partial charge is 0.345 e. The number of benzene rings is 1. The minimum Gasteiger partial charge on any atom is -0.345 e. The first kappa shape index (κ1) is 22.4. The number of hydrogen-bond donors (Lipinski definition) is 2. The number of hydrogen-bond acceptors (Lipinski definition) is 7. The number of carbonyl (C=O) groups is 1. The van der Waals surface area contributed by atoms with Gasteiger partial charge in [0.2, 0.25) is 5.82 Å². The highest BCUT2D eigenvalue weighted by Gasteiger charge is 2.34. The van der Waals surface area contributed by atoms with Crippen molar-refractivity contribution in [1.29, 1.82) is 0 Å². The van der Waals surface area contributed by atoms with Crippen LogP contribution in [0.2, 0.25) is 0 Å². The SMILES string of the molecule is Cc1cnc(-c2cc(C(=O)N[C@H](C)c3cnc(C(F)(F)F)nc3)cc3nn(C4CNC4)cc23)s1. The third-order valence-corrected chi connectivity index (χ3v) is 6.61. The van der Waals surface area contributed by atoms with E-state index in [9.17, 15) is 18.0 Å². The van der Waals surface area contributed by atoms with Crippen LogP contribution in [0.4, 0.5) is 13.2 Å². The van der Waals surface area contributed by atoms with E-state index in [4.69, 9.17) is 0 Å². The Bertz CT molecular complexity index is 1360. The van der Waals surface area contributed by atoms with Gasteiger partial charge < -0.3 is 10.6 Å². The van der Waals surface area contributed by atoms with Gasteiger partial charge in [-0.3, -0.25) is 9.48 Å². The van der Waals surface area contributed by atoms with E-state index in [1.807, 2.05) is 17.8 Å². The molecule has 12 heteroatoms. The molecule has 4 heterocycles. The maximum absolute atomic E-state index is 13.1. The van der Waals surface area contributed by atoms with E-state index in [2.05, 4.69) is 30.7 Å². The van der Waals surface area contributed by atoms with Gasteiger partial charge in [-0.05, 0) is 26.0 Å². The van der Waals surface area contributed by atoms with Gasteiger partial charge in [-0.25, -0.2) is 15.0 Å². The van der Waals surface area contributed by atoms with Gasteiger partial charge in [0.05, 0.1) is 17.6 Å². The van der Waals surface area contributed by atoms with Gasteiger partial charge in [-0.2, -0.15) is 18.3 Å². The number of carbonyl (C=O) groups excluding carboxylic acids is 1. The third kappa shape index (κ3) is 4.26. The highest BCUT2D eigenvalue weighted by molar-refractivity contribution is 7.15. The number of alkyl halides is 3. The van der Waals surface area contributed by atoms with Crippen molar-refractivity contribution in [3.8, 4) is 10.6 Å². The average Bonchev–Trinajstić information content (AvgIpc) is 3.37. The molecule has 1 fully saturated rings. The summed E-state index contributed by atoms with van der Waals surface area (Å²) in [6, 6.07) is 3.15. The highest BCUT2D eigenvalue weighted by Crippen LogP contribution is 2.33. The molecule has 176 valence electrons. The maximum Gasteiger partial charge on any atom is 0.451 e. The van der Waals surface area contributed by atoms with E-state index in [1.165, 1.54) is 11.3 Å². The zero-order valence-corrected chi connectivity index (χ0v) is 19.0. The van der Waals surface area contributed by atoms with Crippen LogP contribution in [-0.2, 0) is 6.18 Å². The molecule has 0 radical (unpaired) electrons. The Hall–Kier alpha value is -3.38. The number of rotatable bonds is 5. The minimum atomic E-state index is -4.62. The van der Waals surface area contributed by atoms with Crippen molar-refractivity contribution in [3.05, 3.63) is 58.7 Å². The molecule has 1 aliphatic heterocycles. The van der Waals surface area contributed by atoms with Gasteiger partial charge >= 0.3 is 6.18 Å². The van der Waals surface area contributed by atoms with Crippen molar-refractivity contribution in [3.63, 3.8) is 0 Å². The summed E-state index contributed by atoms with van der Waals surface area (Å²) in [5.74, 6) is -1.61. The van der Waals surface area contributed by atoms with Gasteiger partial charge in [0.25, 0.3) is 5.91 Å². The zero-order valence-electron chi connectivity index (χ0n) is 18.2. The molecule has 0 bridgehead atoms. The number of aryl methyl sites for hydroxylation is 1. The largest absolute Gasteiger partial charge is 0.451 e. The molecule has 1 aromatic carbocycles. The Morgan fingerprint density at radius 1 is 1.21 bits per heavy atom. The van der Waals surface area contributed by atoms with Crippen LogP contribution >= 0.6 is 11.3 Å². The van der Waals surface area contributed by atoms with Gasteiger partial charge in [0.15, 0.2) is 0 Å². The summed E-state index contributed by atoms with van der Waals surface area (Å²) < 4.78 is 40.1. The fourth-order valence-corrected chi connectivity index (χ4v) is 4.44. The Labute approximate surface area is 196 Å². The molecule has 0 saturated carbocycles. The predicted octanol–water partition coefficient (Wildman–Crippen LogP) is 3.91.